The predicted octanol–water partition coefficient (Wildman–Crippen LogP) is 4.76. The third-order valence-corrected chi connectivity index (χ3v) is 3.84. The lowest BCUT2D eigenvalue weighted by atomic mass is 10.1. The fourth-order valence-corrected chi connectivity index (χ4v) is 2.52. The first-order chi connectivity index (χ1) is 12.6. The van der Waals surface area contributed by atoms with Gasteiger partial charge in [-0.15, -0.1) is 0 Å². The molecule has 0 aliphatic rings. The lowest BCUT2D eigenvalue weighted by molar-refractivity contribution is -0.115. The van der Waals surface area contributed by atoms with Gasteiger partial charge in [0.15, 0.2) is 0 Å². The molecule has 3 aromatic rings. The van der Waals surface area contributed by atoms with Crippen LogP contribution in [-0.4, -0.2) is 13.0 Å². The van der Waals surface area contributed by atoms with E-state index in [0.29, 0.717) is 11.3 Å². The van der Waals surface area contributed by atoms with Crippen molar-refractivity contribution in [3.63, 3.8) is 0 Å². The number of halogens is 1. The molecule has 0 fully saturated rings. The van der Waals surface area contributed by atoms with Crippen molar-refractivity contribution in [3.8, 4) is 5.75 Å². The van der Waals surface area contributed by atoms with Crippen LogP contribution in [0.3, 0.4) is 0 Å². The summed E-state index contributed by atoms with van der Waals surface area (Å²) in [5.74, 6) is 0.135. The number of amides is 1. The molecule has 0 radical (unpaired) electrons. The van der Waals surface area contributed by atoms with E-state index in [0.717, 1.165) is 17.1 Å². The standard InChI is InChI=1S/C21H19FN2O2/c1-26-19-7-4-6-18(14-19)23-16-9-11-17(12-10-16)24-21(25)13-15-5-2-3-8-20(15)22/h2-12,14,23H,13H2,1H3,(H,24,25). The Balaban J connectivity index is 1.60. The van der Waals surface area contributed by atoms with Crippen LogP contribution in [0, 0.1) is 5.82 Å². The first-order valence-corrected chi connectivity index (χ1v) is 8.18. The highest BCUT2D eigenvalue weighted by molar-refractivity contribution is 5.92. The van der Waals surface area contributed by atoms with Gasteiger partial charge in [0.05, 0.1) is 13.5 Å². The smallest absolute Gasteiger partial charge is 0.228 e. The second-order valence-electron chi connectivity index (χ2n) is 5.75. The van der Waals surface area contributed by atoms with Crippen molar-refractivity contribution in [1.82, 2.24) is 0 Å². The van der Waals surface area contributed by atoms with Crippen LogP contribution in [-0.2, 0) is 11.2 Å². The van der Waals surface area contributed by atoms with Crippen LogP contribution < -0.4 is 15.4 Å². The van der Waals surface area contributed by atoms with Gasteiger partial charge in [0.2, 0.25) is 5.91 Å². The summed E-state index contributed by atoms with van der Waals surface area (Å²) in [5, 5.41) is 6.04. The van der Waals surface area contributed by atoms with E-state index in [-0.39, 0.29) is 18.1 Å². The van der Waals surface area contributed by atoms with Crippen molar-refractivity contribution in [2.45, 2.75) is 6.42 Å². The largest absolute Gasteiger partial charge is 0.497 e. The van der Waals surface area contributed by atoms with Crippen LogP contribution in [0.2, 0.25) is 0 Å². The maximum Gasteiger partial charge on any atom is 0.228 e. The molecule has 1 amide bonds. The lowest BCUT2D eigenvalue weighted by Gasteiger charge is -2.10. The fraction of sp³-hybridized carbons (Fsp3) is 0.0952. The lowest BCUT2D eigenvalue weighted by Crippen LogP contribution is -2.15. The molecule has 5 heteroatoms. The summed E-state index contributed by atoms with van der Waals surface area (Å²) in [6.07, 6.45) is -0.00349. The van der Waals surface area contributed by atoms with E-state index in [1.54, 1.807) is 37.4 Å². The minimum absolute atomic E-state index is 0.00349. The summed E-state index contributed by atoms with van der Waals surface area (Å²) in [5.41, 5.74) is 2.81. The molecule has 132 valence electrons. The topological polar surface area (TPSA) is 50.4 Å². The third-order valence-electron chi connectivity index (χ3n) is 3.84. The van der Waals surface area contributed by atoms with Crippen molar-refractivity contribution in [1.29, 1.82) is 0 Å². The van der Waals surface area contributed by atoms with Gasteiger partial charge in [0, 0.05) is 23.1 Å². The molecular formula is C21H19FN2O2. The SMILES string of the molecule is COc1cccc(Nc2ccc(NC(=O)Cc3ccccc3F)cc2)c1. The number of benzene rings is 3. The number of methoxy groups -OCH3 is 1. The van der Waals surface area contributed by atoms with E-state index in [1.807, 2.05) is 36.4 Å². The molecular weight excluding hydrogens is 331 g/mol. The Labute approximate surface area is 151 Å². The molecule has 0 bridgehead atoms. The molecule has 26 heavy (non-hydrogen) atoms. The normalized spacial score (nSPS) is 10.2. The zero-order chi connectivity index (χ0) is 18.4. The van der Waals surface area contributed by atoms with Gasteiger partial charge in [-0.1, -0.05) is 24.3 Å². The first-order valence-electron chi connectivity index (χ1n) is 8.18. The van der Waals surface area contributed by atoms with Gasteiger partial charge >= 0.3 is 0 Å². The Morgan fingerprint density at radius 2 is 1.65 bits per heavy atom. The molecule has 3 rings (SSSR count). The van der Waals surface area contributed by atoms with Crippen molar-refractivity contribution < 1.29 is 13.9 Å². The fourth-order valence-electron chi connectivity index (χ4n) is 2.52. The second-order valence-corrected chi connectivity index (χ2v) is 5.75. The molecule has 0 saturated carbocycles. The Hall–Kier alpha value is -3.34. The average molecular weight is 350 g/mol. The highest BCUT2D eigenvalue weighted by Crippen LogP contribution is 2.22. The number of hydrogen-bond donors (Lipinski definition) is 2. The summed E-state index contributed by atoms with van der Waals surface area (Å²) < 4.78 is 18.8. The minimum atomic E-state index is -0.375. The van der Waals surface area contributed by atoms with Gasteiger partial charge in [0.25, 0.3) is 0 Å². The first kappa shape index (κ1) is 17.5. The maximum absolute atomic E-state index is 13.6. The van der Waals surface area contributed by atoms with Gasteiger partial charge in [-0.3, -0.25) is 4.79 Å². The highest BCUT2D eigenvalue weighted by atomic mass is 19.1. The summed E-state index contributed by atoms with van der Waals surface area (Å²) >= 11 is 0. The molecule has 0 atom stereocenters. The summed E-state index contributed by atoms with van der Waals surface area (Å²) in [4.78, 5) is 12.1. The molecule has 0 aliphatic heterocycles. The molecule has 0 saturated heterocycles. The molecule has 0 aromatic heterocycles. The average Bonchev–Trinajstić information content (AvgIpc) is 2.65. The van der Waals surface area contributed by atoms with E-state index in [9.17, 15) is 9.18 Å². The maximum atomic E-state index is 13.6. The number of ether oxygens (including phenoxy) is 1. The quantitative estimate of drug-likeness (QED) is 0.674. The van der Waals surface area contributed by atoms with Crippen molar-refractivity contribution >= 4 is 23.0 Å². The van der Waals surface area contributed by atoms with Crippen molar-refractivity contribution in [3.05, 3.63) is 84.2 Å². The summed E-state index contributed by atoms with van der Waals surface area (Å²) in [6.45, 7) is 0. The summed E-state index contributed by atoms with van der Waals surface area (Å²) in [6, 6.07) is 21.2. The Bertz CT molecular complexity index is 895. The zero-order valence-electron chi connectivity index (χ0n) is 14.3. The third kappa shape index (κ3) is 4.60. The van der Waals surface area contributed by atoms with E-state index >= 15 is 0 Å². The van der Waals surface area contributed by atoms with E-state index in [2.05, 4.69) is 10.6 Å². The van der Waals surface area contributed by atoms with Gasteiger partial charge < -0.3 is 15.4 Å². The number of anilines is 3. The van der Waals surface area contributed by atoms with E-state index in [1.165, 1.54) is 6.07 Å². The van der Waals surface area contributed by atoms with Crippen LogP contribution in [0.1, 0.15) is 5.56 Å². The van der Waals surface area contributed by atoms with Crippen molar-refractivity contribution in [2.75, 3.05) is 17.7 Å². The summed E-state index contributed by atoms with van der Waals surface area (Å²) in [7, 11) is 1.62. The molecule has 2 N–H and O–H groups in total. The van der Waals surface area contributed by atoms with E-state index in [4.69, 9.17) is 4.74 Å². The van der Waals surface area contributed by atoms with Crippen LogP contribution in [0.5, 0.6) is 5.75 Å². The van der Waals surface area contributed by atoms with Crippen LogP contribution in [0.4, 0.5) is 21.5 Å². The van der Waals surface area contributed by atoms with E-state index < -0.39 is 0 Å². The zero-order valence-corrected chi connectivity index (χ0v) is 14.3. The molecule has 0 heterocycles. The van der Waals surface area contributed by atoms with Gasteiger partial charge in [-0.25, -0.2) is 4.39 Å². The number of hydrogen-bond acceptors (Lipinski definition) is 3. The van der Waals surface area contributed by atoms with Crippen molar-refractivity contribution in [2.24, 2.45) is 0 Å². The van der Waals surface area contributed by atoms with Gasteiger partial charge in [-0.2, -0.15) is 0 Å². The van der Waals surface area contributed by atoms with Crippen LogP contribution in [0.25, 0.3) is 0 Å². The minimum Gasteiger partial charge on any atom is -0.497 e. The molecule has 3 aromatic carbocycles. The van der Waals surface area contributed by atoms with Crippen LogP contribution >= 0.6 is 0 Å². The number of carbonyl (C=O) groups excluding carboxylic acids is 1. The molecule has 0 aliphatic carbocycles. The Morgan fingerprint density at radius 3 is 2.38 bits per heavy atom. The molecule has 0 unspecified atom stereocenters. The predicted molar refractivity (Wildman–Crippen MR) is 101 cm³/mol. The van der Waals surface area contributed by atoms with Crippen LogP contribution in [0.15, 0.2) is 72.8 Å². The number of carbonyl (C=O) groups is 1. The highest BCUT2D eigenvalue weighted by Gasteiger charge is 2.08. The molecule has 0 spiro atoms. The monoisotopic (exact) mass is 350 g/mol. The second kappa shape index (κ2) is 8.16. The Kier molecular flexibility index (Phi) is 5.49. The number of rotatable bonds is 6. The molecule has 4 nitrogen and oxygen atoms in total. The number of nitrogens with one attached hydrogen (secondary N) is 2. The van der Waals surface area contributed by atoms with Gasteiger partial charge in [0.1, 0.15) is 11.6 Å². The van der Waals surface area contributed by atoms with Gasteiger partial charge in [-0.05, 0) is 48.0 Å². The Morgan fingerprint density at radius 1 is 0.923 bits per heavy atom.